The quantitative estimate of drug-likeness (QED) is 0.759. The second-order valence-corrected chi connectivity index (χ2v) is 6.08. The minimum absolute atomic E-state index is 0.528. The predicted molar refractivity (Wildman–Crippen MR) is 70.2 cm³/mol. The highest BCUT2D eigenvalue weighted by Gasteiger charge is 2.28. The Hall–Kier alpha value is -0.940. The smallest absolute Gasteiger partial charge is 0.138 e. The highest BCUT2D eigenvalue weighted by molar-refractivity contribution is 4.95. The first-order valence-corrected chi connectivity index (χ1v) is 6.79. The fraction of sp³-hybridized carbons (Fsp3) is 0.846. The second kappa shape index (κ2) is 5.36. The summed E-state index contributed by atoms with van der Waals surface area (Å²) < 4.78 is 1.90. The monoisotopic (exact) mass is 252 g/mol. The molecule has 5 heteroatoms. The minimum Gasteiger partial charge on any atom is -0.388 e. The van der Waals surface area contributed by atoms with Gasteiger partial charge in [0.25, 0.3) is 0 Å². The fourth-order valence-electron chi connectivity index (χ4n) is 1.98. The highest BCUT2D eigenvalue weighted by atomic mass is 16.3. The van der Waals surface area contributed by atoms with Crippen LogP contribution < -0.4 is 5.32 Å². The van der Waals surface area contributed by atoms with Gasteiger partial charge in [0.05, 0.1) is 5.60 Å². The predicted octanol–water partition coefficient (Wildman–Crippen LogP) is 0.980. The van der Waals surface area contributed by atoms with E-state index in [1.165, 1.54) is 12.8 Å². The number of hydrogen-bond acceptors (Lipinski definition) is 4. The van der Waals surface area contributed by atoms with Crippen LogP contribution >= 0.6 is 0 Å². The molecule has 1 aliphatic carbocycles. The van der Waals surface area contributed by atoms with Gasteiger partial charge in [-0.3, -0.25) is 0 Å². The van der Waals surface area contributed by atoms with Crippen LogP contribution in [-0.2, 0) is 13.0 Å². The second-order valence-electron chi connectivity index (χ2n) is 6.08. The van der Waals surface area contributed by atoms with Crippen molar-refractivity contribution in [2.75, 3.05) is 6.54 Å². The van der Waals surface area contributed by atoms with Gasteiger partial charge < -0.3 is 10.4 Å². The van der Waals surface area contributed by atoms with Gasteiger partial charge in [0.1, 0.15) is 12.2 Å². The Labute approximate surface area is 109 Å². The average molecular weight is 252 g/mol. The highest BCUT2D eigenvalue weighted by Crippen LogP contribution is 2.20. The summed E-state index contributed by atoms with van der Waals surface area (Å²) in [5, 5.41) is 18.0. The van der Waals surface area contributed by atoms with Crippen LogP contribution in [0.2, 0.25) is 0 Å². The zero-order chi connectivity index (χ0) is 13.2. The summed E-state index contributed by atoms with van der Waals surface area (Å²) in [4.78, 5) is 4.26. The Morgan fingerprint density at radius 2 is 2.28 bits per heavy atom. The first-order valence-electron chi connectivity index (χ1n) is 6.79. The van der Waals surface area contributed by atoms with Gasteiger partial charge >= 0.3 is 0 Å². The normalized spacial score (nSPS) is 19.2. The molecule has 0 radical (unpaired) electrons. The maximum atomic E-state index is 10.4. The zero-order valence-electron chi connectivity index (χ0n) is 11.6. The van der Waals surface area contributed by atoms with E-state index in [9.17, 15) is 5.11 Å². The molecule has 1 aromatic heterocycles. The average Bonchev–Trinajstić information content (AvgIpc) is 3.00. The molecule has 0 bridgehead atoms. The summed E-state index contributed by atoms with van der Waals surface area (Å²) in [6, 6.07) is 0.616. The van der Waals surface area contributed by atoms with Crippen molar-refractivity contribution in [3.63, 3.8) is 0 Å². The molecule has 5 nitrogen and oxygen atoms in total. The molecule has 0 spiro atoms. The number of rotatable bonds is 7. The molecule has 2 rings (SSSR count). The number of nitrogens with zero attached hydrogens (tertiary/aromatic N) is 3. The van der Waals surface area contributed by atoms with Gasteiger partial charge in [-0.15, -0.1) is 0 Å². The van der Waals surface area contributed by atoms with Crippen LogP contribution in [0.1, 0.15) is 39.4 Å². The van der Waals surface area contributed by atoms with Crippen LogP contribution in [0.15, 0.2) is 6.33 Å². The summed E-state index contributed by atoms with van der Waals surface area (Å²) in [5.41, 5.74) is -0.760. The molecule has 1 aromatic rings. The number of hydrogen-bond donors (Lipinski definition) is 2. The molecule has 1 saturated carbocycles. The lowest BCUT2D eigenvalue weighted by Crippen LogP contribution is -2.41. The Morgan fingerprint density at radius 1 is 1.56 bits per heavy atom. The van der Waals surface area contributed by atoms with Crippen LogP contribution in [-0.4, -0.2) is 38.1 Å². The molecular formula is C13H24N4O. The molecule has 0 saturated heterocycles. The van der Waals surface area contributed by atoms with Crippen molar-refractivity contribution in [3.8, 4) is 0 Å². The molecule has 1 atom stereocenters. The van der Waals surface area contributed by atoms with Crippen LogP contribution in [0.4, 0.5) is 0 Å². The molecule has 1 unspecified atom stereocenters. The Morgan fingerprint density at radius 3 is 2.89 bits per heavy atom. The molecule has 0 aromatic carbocycles. The van der Waals surface area contributed by atoms with Gasteiger partial charge in [0.15, 0.2) is 0 Å². The van der Waals surface area contributed by atoms with Crippen molar-refractivity contribution < 1.29 is 5.11 Å². The van der Waals surface area contributed by atoms with Crippen molar-refractivity contribution in [1.29, 1.82) is 0 Å². The third-order valence-corrected chi connectivity index (χ3v) is 3.12. The summed E-state index contributed by atoms with van der Waals surface area (Å²) in [7, 11) is 0. The SMILES string of the molecule is CC(C)Cn1ncnc1CC(C)(O)CNC1CC1. The number of nitrogens with one attached hydrogen (secondary N) is 1. The van der Waals surface area contributed by atoms with E-state index in [0.29, 0.717) is 24.9 Å². The van der Waals surface area contributed by atoms with Crippen LogP contribution in [0.25, 0.3) is 0 Å². The van der Waals surface area contributed by atoms with Gasteiger partial charge in [-0.2, -0.15) is 5.10 Å². The van der Waals surface area contributed by atoms with E-state index in [1.54, 1.807) is 6.33 Å². The molecule has 0 amide bonds. The van der Waals surface area contributed by atoms with Crippen LogP contribution in [0.5, 0.6) is 0 Å². The van der Waals surface area contributed by atoms with Gasteiger partial charge in [-0.25, -0.2) is 9.67 Å². The van der Waals surface area contributed by atoms with Crippen molar-refractivity contribution in [1.82, 2.24) is 20.1 Å². The largest absolute Gasteiger partial charge is 0.388 e. The van der Waals surface area contributed by atoms with Crippen LogP contribution in [0, 0.1) is 5.92 Å². The van der Waals surface area contributed by atoms with Crippen molar-refractivity contribution in [2.45, 2.75) is 58.2 Å². The maximum absolute atomic E-state index is 10.4. The van der Waals surface area contributed by atoms with Crippen LogP contribution in [0.3, 0.4) is 0 Å². The van der Waals surface area contributed by atoms with Gasteiger partial charge in [-0.05, 0) is 25.7 Å². The van der Waals surface area contributed by atoms with E-state index in [-0.39, 0.29) is 0 Å². The molecule has 18 heavy (non-hydrogen) atoms. The maximum Gasteiger partial charge on any atom is 0.138 e. The number of aromatic nitrogens is 3. The first-order chi connectivity index (χ1) is 8.46. The van der Waals surface area contributed by atoms with Gasteiger partial charge in [-0.1, -0.05) is 13.8 Å². The van der Waals surface area contributed by atoms with Crippen molar-refractivity contribution in [2.24, 2.45) is 5.92 Å². The molecule has 0 aliphatic heterocycles. The fourth-order valence-corrected chi connectivity index (χ4v) is 1.98. The van der Waals surface area contributed by atoms with Gasteiger partial charge in [0.2, 0.25) is 0 Å². The van der Waals surface area contributed by atoms with E-state index in [0.717, 1.165) is 12.4 Å². The third kappa shape index (κ3) is 4.07. The van der Waals surface area contributed by atoms with E-state index in [1.807, 2.05) is 11.6 Å². The molecule has 1 fully saturated rings. The molecule has 1 aliphatic rings. The minimum atomic E-state index is -0.760. The van der Waals surface area contributed by atoms with Gasteiger partial charge in [0, 0.05) is 25.6 Å². The van der Waals surface area contributed by atoms with Crippen molar-refractivity contribution >= 4 is 0 Å². The molecule has 1 heterocycles. The first kappa shape index (κ1) is 13.5. The lowest BCUT2D eigenvalue weighted by Gasteiger charge is -2.23. The Balaban J connectivity index is 1.91. The molecule has 102 valence electrons. The van der Waals surface area contributed by atoms with E-state index in [4.69, 9.17) is 0 Å². The van der Waals surface area contributed by atoms with Crippen molar-refractivity contribution in [3.05, 3.63) is 12.2 Å². The Kier molecular flexibility index (Phi) is 4.02. The zero-order valence-corrected chi connectivity index (χ0v) is 11.6. The van der Waals surface area contributed by atoms with E-state index in [2.05, 4.69) is 29.2 Å². The Bertz CT molecular complexity index is 382. The molecular weight excluding hydrogens is 228 g/mol. The lowest BCUT2D eigenvalue weighted by molar-refractivity contribution is 0.0563. The lowest BCUT2D eigenvalue weighted by atomic mass is 10.0. The summed E-state index contributed by atoms with van der Waals surface area (Å²) in [5.74, 6) is 1.39. The summed E-state index contributed by atoms with van der Waals surface area (Å²) in [6.45, 7) is 7.63. The van der Waals surface area contributed by atoms with E-state index < -0.39 is 5.60 Å². The summed E-state index contributed by atoms with van der Waals surface area (Å²) >= 11 is 0. The third-order valence-electron chi connectivity index (χ3n) is 3.12. The topological polar surface area (TPSA) is 63.0 Å². The number of aliphatic hydroxyl groups is 1. The standard InChI is InChI=1S/C13H24N4O/c1-10(2)7-17-12(15-9-16-17)6-13(3,18)8-14-11-4-5-11/h9-11,14,18H,4-8H2,1-3H3. The van der Waals surface area contributed by atoms with E-state index >= 15 is 0 Å². The summed E-state index contributed by atoms with van der Waals surface area (Å²) in [6.07, 6.45) is 4.58. The molecule has 2 N–H and O–H groups in total.